The molecule has 1 heterocycles. The molecule has 3 nitrogen and oxygen atoms in total. The normalized spacial score (nSPS) is 23.6. The van der Waals surface area contributed by atoms with E-state index in [1.54, 1.807) is 0 Å². The lowest BCUT2D eigenvalue weighted by molar-refractivity contribution is -0.128. The van der Waals surface area contributed by atoms with Crippen molar-refractivity contribution in [2.24, 2.45) is 0 Å². The van der Waals surface area contributed by atoms with Crippen LogP contribution in [0.5, 0.6) is 0 Å². The Morgan fingerprint density at radius 2 is 2.30 bits per heavy atom. The molecule has 1 unspecified atom stereocenters. The molecule has 0 bridgehead atoms. The molecule has 1 amide bonds. The van der Waals surface area contributed by atoms with Gasteiger partial charge in [0.1, 0.15) is 0 Å². The van der Waals surface area contributed by atoms with Crippen molar-refractivity contribution in [2.45, 2.75) is 58.0 Å². The summed E-state index contributed by atoms with van der Waals surface area (Å²) in [5.41, 5.74) is 2.06. The average molecular weight is 274 g/mol. The van der Waals surface area contributed by atoms with Crippen LogP contribution < -0.4 is 10.6 Å². The quantitative estimate of drug-likeness (QED) is 0.866. The maximum atomic E-state index is 12.7. The second-order valence-corrected chi connectivity index (χ2v) is 5.97. The van der Waals surface area contributed by atoms with Gasteiger partial charge in [-0.25, -0.2) is 0 Å². The third-order valence-electron chi connectivity index (χ3n) is 4.24. The predicted molar refractivity (Wildman–Crippen MR) is 82.6 cm³/mol. The number of rotatable bonds is 5. The Kier molecular flexibility index (Phi) is 4.81. The summed E-state index contributed by atoms with van der Waals surface area (Å²) >= 11 is 0. The summed E-state index contributed by atoms with van der Waals surface area (Å²) < 4.78 is 0. The Hall–Kier alpha value is -1.35. The first-order valence-corrected chi connectivity index (χ1v) is 7.70. The van der Waals surface area contributed by atoms with Gasteiger partial charge in [-0.3, -0.25) is 4.79 Å². The fourth-order valence-corrected chi connectivity index (χ4v) is 3.11. The van der Waals surface area contributed by atoms with E-state index in [0.717, 1.165) is 32.2 Å². The largest absolute Gasteiger partial charge is 0.348 e. The minimum absolute atomic E-state index is 0.0542. The fourth-order valence-electron chi connectivity index (χ4n) is 3.11. The standard InChI is InChI=1S/C17H26N2O/c1-4-9-17(10-6-11-18-17)16(20)19-14(3)15-8-5-7-13(2)12-15/h5,7-8,12,14,18H,4,6,9-11H2,1-3H3,(H,19,20)/t14-,17?/m1/s1. The van der Waals surface area contributed by atoms with E-state index in [0.29, 0.717) is 0 Å². The number of nitrogens with one attached hydrogen (secondary N) is 2. The zero-order chi connectivity index (χ0) is 14.6. The smallest absolute Gasteiger partial charge is 0.240 e. The Morgan fingerprint density at radius 3 is 2.90 bits per heavy atom. The molecular formula is C17H26N2O. The van der Waals surface area contributed by atoms with E-state index in [4.69, 9.17) is 0 Å². The molecule has 0 radical (unpaired) electrons. The van der Waals surface area contributed by atoms with Crippen molar-refractivity contribution in [3.05, 3.63) is 35.4 Å². The van der Waals surface area contributed by atoms with Crippen molar-refractivity contribution in [1.29, 1.82) is 0 Å². The number of hydrogen-bond acceptors (Lipinski definition) is 2. The molecule has 2 N–H and O–H groups in total. The second-order valence-electron chi connectivity index (χ2n) is 5.97. The van der Waals surface area contributed by atoms with Gasteiger partial charge in [0.2, 0.25) is 5.91 Å². The maximum Gasteiger partial charge on any atom is 0.240 e. The van der Waals surface area contributed by atoms with E-state index < -0.39 is 0 Å². The van der Waals surface area contributed by atoms with Gasteiger partial charge < -0.3 is 10.6 Å². The lowest BCUT2D eigenvalue weighted by Gasteiger charge is -2.29. The van der Waals surface area contributed by atoms with Gasteiger partial charge in [-0.15, -0.1) is 0 Å². The molecule has 1 fully saturated rings. The lowest BCUT2D eigenvalue weighted by atomic mass is 9.90. The highest BCUT2D eigenvalue weighted by molar-refractivity contribution is 5.87. The van der Waals surface area contributed by atoms with Crippen molar-refractivity contribution >= 4 is 5.91 Å². The van der Waals surface area contributed by atoms with Gasteiger partial charge in [-0.1, -0.05) is 43.2 Å². The van der Waals surface area contributed by atoms with Gasteiger partial charge in [0, 0.05) is 0 Å². The average Bonchev–Trinajstić information content (AvgIpc) is 2.89. The third kappa shape index (κ3) is 3.21. The number of carbonyl (C=O) groups excluding carboxylic acids is 1. The first-order chi connectivity index (χ1) is 9.57. The highest BCUT2D eigenvalue weighted by atomic mass is 16.2. The highest BCUT2D eigenvalue weighted by Gasteiger charge is 2.40. The summed E-state index contributed by atoms with van der Waals surface area (Å²) in [6.07, 6.45) is 3.98. The monoisotopic (exact) mass is 274 g/mol. The number of carbonyl (C=O) groups is 1. The van der Waals surface area contributed by atoms with Gasteiger partial charge in [0.15, 0.2) is 0 Å². The summed E-state index contributed by atoms with van der Waals surface area (Å²) in [5, 5.41) is 6.62. The molecule has 1 aliphatic heterocycles. The first-order valence-electron chi connectivity index (χ1n) is 7.70. The Morgan fingerprint density at radius 1 is 1.50 bits per heavy atom. The van der Waals surface area contributed by atoms with Gasteiger partial charge in [0.25, 0.3) is 0 Å². The zero-order valence-corrected chi connectivity index (χ0v) is 12.8. The van der Waals surface area contributed by atoms with Crippen LogP contribution >= 0.6 is 0 Å². The molecule has 1 saturated heterocycles. The number of amides is 1. The summed E-state index contributed by atoms with van der Waals surface area (Å²) in [6.45, 7) is 7.22. The van der Waals surface area contributed by atoms with Crippen molar-refractivity contribution in [1.82, 2.24) is 10.6 Å². The van der Waals surface area contributed by atoms with Crippen molar-refractivity contribution in [3.63, 3.8) is 0 Å². The molecule has 2 atom stereocenters. The molecule has 0 aromatic heterocycles. The van der Waals surface area contributed by atoms with Crippen LogP contribution in [0.15, 0.2) is 24.3 Å². The maximum absolute atomic E-state index is 12.7. The summed E-state index contributed by atoms with van der Waals surface area (Å²) in [4.78, 5) is 12.7. The number of aryl methyl sites for hydroxylation is 1. The van der Waals surface area contributed by atoms with Crippen LogP contribution in [0.3, 0.4) is 0 Å². The second kappa shape index (κ2) is 6.40. The van der Waals surface area contributed by atoms with Crippen LogP contribution in [-0.2, 0) is 4.79 Å². The third-order valence-corrected chi connectivity index (χ3v) is 4.24. The van der Waals surface area contributed by atoms with Crippen LogP contribution in [0.25, 0.3) is 0 Å². The number of benzene rings is 1. The Balaban J connectivity index is 2.06. The Labute approximate surface area is 122 Å². The predicted octanol–water partition coefficient (Wildman–Crippen LogP) is 3.09. The molecule has 3 heteroatoms. The molecule has 1 aliphatic rings. The van der Waals surface area contributed by atoms with E-state index in [1.807, 2.05) is 6.07 Å². The van der Waals surface area contributed by atoms with Gasteiger partial charge >= 0.3 is 0 Å². The summed E-state index contributed by atoms with van der Waals surface area (Å²) in [5.74, 6) is 0.158. The zero-order valence-electron chi connectivity index (χ0n) is 12.8. The Bertz CT molecular complexity index is 464. The molecule has 110 valence electrons. The minimum Gasteiger partial charge on any atom is -0.348 e. The summed E-state index contributed by atoms with van der Waals surface area (Å²) in [7, 11) is 0. The van der Waals surface area contributed by atoms with Crippen molar-refractivity contribution in [2.75, 3.05) is 6.54 Å². The van der Waals surface area contributed by atoms with Crippen LogP contribution in [0.2, 0.25) is 0 Å². The molecule has 0 spiro atoms. The highest BCUT2D eigenvalue weighted by Crippen LogP contribution is 2.26. The molecular weight excluding hydrogens is 248 g/mol. The molecule has 2 rings (SSSR count). The fraction of sp³-hybridized carbons (Fsp3) is 0.588. The molecule has 1 aromatic rings. The molecule has 1 aromatic carbocycles. The van der Waals surface area contributed by atoms with E-state index in [1.165, 1.54) is 11.1 Å². The van der Waals surface area contributed by atoms with Crippen LogP contribution in [0, 0.1) is 6.92 Å². The summed E-state index contributed by atoms with van der Waals surface area (Å²) in [6, 6.07) is 8.39. The van der Waals surface area contributed by atoms with E-state index in [-0.39, 0.29) is 17.5 Å². The van der Waals surface area contributed by atoms with Crippen LogP contribution in [-0.4, -0.2) is 18.0 Å². The van der Waals surface area contributed by atoms with Crippen molar-refractivity contribution < 1.29 is 4.79 Å². The SMILES string of the molecule is CCCC1(C(=O)N[C@H](C)c2cccc(C)c2)CCCN1. The number of hydrogen-bond donors (Lipinski definition) is 2. The molecule has 0 aliphatic carbocycles. The first kappa shape index (κ1) is 15.0. The lowest BCUT2D eigenvalue weighted by Crippen LogP contribution is -2.53. The van der Waals surface area contributed by atoms with E-state index in [2.05, 4.69) is 49.6 Å². The van der Waals surface area contributed by atoms with Gasteiger partial charge in [-0.05, 0) is 45.2 Å². The van der Waals surface area contributed by atoms with E-state index in [9.17, 15) is 4.79 Å². The topological polar surface area (TPSA) is 41.1 Å². The van der Waals surface area contributed by atoms with E-state index >= 15 is 0 Å². The molecule has 0 saturated carbocycles. The minimum atomic E-state index is -0.340. The van der Waals surface area contributed by atoms with Gasteiger partial charge in [0.05, 0.1) is 11.6 Å². The van der Waals surface area contributed by atoms with Crippen LogP contribution in [0.4, 0.5) is 0 Å². The van der Waals surface area contributed by atoms with Gasteiger partial charge in [-0.2, -0.15) is 0 Å². The van der Waals surface area contributed by atoms with Crippen molar-refractivity contribution in [3.8, 4) is 0 Å². The van der Waals surface area contributed by atoms with Crippen LogP contribution in [0.1, 0.15) is 56.7 Å². The molecule has 20 heavy (non-hydrogen) atoms.